The van der Waals surface area contributed by atoms with Crippen molar-refractivity contribution in [1.29, 1.82) is 0 Å². The zero-order valence-corrected chi connectivity index (χ0v) is 26.9. The van der Waals surface area contributed by atoms with Crippen molar-refractivity contribution in [3.05, 3.63) is 101 Å². The Labute approximate surface area is 268 Å². The van der Waals surface area contributed by atoms with Gasteiger partial charge in [-0.3, -0.25) is 9.78 Å². The molecule has 4 N–H and O–H groups in total. The summed E-state index contributed by atoms with van der Waals surface area (Å²) in [4.78, 5) is 30.1. The fraction of sp³-hybridized carbons (Fsp3) is 0.424. The van der Waals surface area contributed by atoms with Crippen molar-refractivity contribution in [3.8, 4) is 0 Å². The average Bonchev–Trinajstić information content (AvgIpc) is 3.02. The minimum absolute atomic E-state index is 0.0139. The second kappa shape index (κ2) is 18.3. The van der Waals surface area contributed by atoms with E-state index in [-0.39, 0.29) is 30.9 Å². The van der Waals surface area contributed by atoms with E-state index in [0.29, 0.717) is 31.0 Å². The summed E-state index contributed by atoms with van der Waals surface area (Å²) < 4.78 is 58.9. The Morgan fingerprint density at radius 2 is 1.63 bits per heavy atom. The van der Waals surface area contributed by atoms with Gasteiger partial charge in [0.15, 0.2) is 9.84 Å². The van der Waals surface area contributed by atoms with Crippen molar-refractivity contribution in [1.82, 2.24) is 20.9 Å². The van der Waals surface area contributed by atoms with Crippen LogP contribution in [0.2, 0.25) is 0 Å². The topological polar surface area (TPSA) is 147 Å². The van der Waals surface area contributed by atoms with Crippen molar-refractivity contribution in [2.45, 2.75) is 70.9 Å². The Morgan fingerprint density at radius 3 is 2.30 bits per heavy atom. The number of carbonyl (C=O) groups excluding carboxylic acids is 2. The van der Waals surface area contributed by atoms with Gasteiger partial charge in [-0.25, -0.2) is 22.0 Å². The molecular formula is C33H42F2N4O6S. The molecule has 46 heavy (non-hydrogen) atoms. The number of nitrogens with zero attached hydrogens (tertiary/aromatic N) is 1. The molecule has 0 saturated heterocycles. The van der Waals surface area contributed by atoms with E-state index < -0.39 is 57.4 Å². The van der Waals surface area contributed by atoms with Crippen LogP contribution in [0.1, 0.15) is 48.9 Å². The predicted molar refractivity (Wildman–Crippen MR) is 170 cm³/mol. The number of aliphatic hydroxyl groups excluding tert-OH is 1. The number of pyridine rings is 1. The number of aromatic nitrogens is 1. The summed E-state index contributed by atoms with van der Waals surface area (Å²) in [5.41, 5.74) is 2.91. The van der Waals surface area contributed by atoms with Crippen LogP contribution >= 0.6 is 0 Å². The summed E-state index contributed by atoms with van der Waals surface area (Å²) in [5.74, 6) is -3.48. The highest BCUT2D eigenvalue weighted by molar-refractivity contribution is 7.91. The lowest BCUT2D eigenvalue weighted by Gasteiger charge is -2.27. The van der Waals surface area contributed by atoms with Gasteiger partial charge < -0.3 is 25.8 Å². The monoisotopic (exact) mass is 660 g/mol. The molecule has 1 aromatic heterocycles. The van der Waals surface area contributed by atoms with E-state index in [1.807, 2.05) is 38.1 Å². The van der Waals surface area contributed by atoms with E-state index in [4.69, 9.17) is 4.74 Å². The van der Waals surface area contributed by atoms with Crippen LogP contribution in [-0.2, 0) is 45.4 Å². The molecule has 3 atom stereocenters. The number of aliphatic hydroxyl groups is 1. The van der Waals surface area contributed by atoms with Crippen molar-refractivity contribution >= 4 is 21.8 Å². The zero-order valence-electron chi connectivity index (χ0n) is 26.0. The number of carbonyl (C=O) groups is 2. The molecule has 0 aliphatic carbocycles. The van der Waals surface area contributed by atoms with Gasteiger partial charge in [0.25, 0.3) is 0 Å². The van der Waals surface area contributed by atoms with Crippen molar-refractivity contribution in [2.75, 3.05) is 18.1 Å². The molecule has 3 aromatic rings. The molecule has 0 saturated carbocycles. The number of rotatable bonds is 18. The first-order chi connectivity index (χ1) is 22.0. The molecule has 10 nitrogen and oxygen atoms in total. The van der Waals surface area contributed by atoms with Crippen molar-refractivity contribution < 1.29 is 36.6 Å². The number of aryl methyl sites for hydroxylation is 1. The second-order valence-corrected chi connectivity index (χ2v) is 13.3. The molecule has 13 heteroatoms. The standard InChI is InChI=1S/C33H42F2N4O6S/c1-3-5-13-46(43,44)22-30(39-33(42)45-21-24-9-11-36-12-10-24)32(41)38-29(17-26-15-27(34)18-28(35)16-26)31(40)20-37-19-25-8-6-7-23(4-2)14-25/h6-12,14-16,18,29-31,37,40H,3-5,13,17,19-22H2,1-2H3,(H,38,41)(H,39,42)/t29-,30+,31+/m0/s1. The van der Waals surface area contributed by atoms with E-state index >= 15 is 0 Å². The maximum atomic E-state index is 14.0. The lowest BCUT2D eigenvalue weighted by atomic mass is 10.00. The zero-order chi connectivity index (χ0) is 33.5. The Morgan fingerprint density at radius 1 is 0.935 bits per heavy atom. The Kier molecular flexibility index (Phi) is 14.5. The lowest BCUT2D eigenvalue weighted by molar-refractivity contribution is -0.124. The van der Waals surface area contributed by atoms with Crippen molar-refractivity contribution in [3.63, 3.8) is 0 Å². The number of alkyl carbamates (subject to hydrolysis) is 1. The molecule has 0 aliphatic heterocycles. The normalized spacial score (nSPS) is 13.4. The molecule has 0 spiro atoms. The SMILES string of the molecule is CCCCS(=O)(=O)C[C@@H](NC(=O)OCc1ccncc1)C(=O)N[C@@H](Cc1cc(F)cc(F)c1)[C@H](O)CNCc1cccc(CC)c1. The Bertz CT molecular complexity index is 1510. The Balaban J connectivity index is 1.78. The minimum Gasteiger partial charge on any atom is -0.445 e. The molecular weight excluding hydrogens is 618 g/mol. The van der Waals surface area contributed by atoms with Gasteiger partial charge in [-0.1, -0.05) is 44.5 Å². The number of unbranched alkanes of at least 4 members (excludes halogenated alkanes) is 1. The molecule has 0 aliphatic rings. The quantitative estimate of drug-likeness (QED) is 0.162. The summed E-state index contributed by atoms with van der Waals surface area (Å²) in [7, 11) is -3.79. The first-order valence-electron chi connectivity index (χ1n) is 15.2. The number of hydrogen-bond donors (Lipinski definition) is 4. The fourth-order valence-electron chi connectivity index (χ4n) is 4.71. The molecule has 1 heterocycles. The molecule has 0 unspecified atom stereocenters. The maximum absolute atomic E-state index is 14.0. The van der Waals surface area contributed by atoms with E-state index in [1.165, 1.54) is 12.4 Å². The first-order valence-corrected chi connectivity index (χ1v) is 17.0. The van der Waals surface area contributed by atoms with Crippen LogP contribution in [0.5, 0.6) is 0 Å². The largest absolute Gasteiger partial charge is 0.445 e. The second-order valence-electron chi connectivity index (χ2n) is 11.1. The number of ether oxygens (including phenoxy) is 1. The third kappa shape index (κ3) is 12.8. The molecule has 0 fully saturated rings. The third-order valence-corrected chi connectivity index (χ3v) is 8.96. The van der Waals surface area contributed by atoms with Crippen LogP contribution in [0, 0.1) is 11.6 Å². The number of sulfone groups is 1. The van der Waals surface area contributed by atoms with Gasteiger partial charge >= 0.3 is 6.09 Å². The Hall–Kier alpha value is -3.94. The predicted octanol–water partition coefficient (Wildman–Crippen LogP) is 3.61. The summed E-state index contributed by atoms with van der Waals surface area (Å²) in [6, 6.07) is 11.3. The number of nitrogens with one attached hydrogen (secondary N) is 3. The summed E-state index contributed by atoms with van der Waals surface area (Å²) in [5, 5.41) is 19.2. The van der Waals surface area contributed by atoms with E-state index in [2.05, 4.69) is 20.9 Å². The molecule has 2 aromatic carbocycles. The van der Waals surface area contributed by atoms with E-state index in [0.717, 1.165) is 29.7 Å². The van der Waals surface area contributed by atoms with Crippen LogP contribution in [0.3, 0.4) is 0 Å². The van der Waals surface area contributed by atoms with E-state index in [1.54, 1.807) is 12.1 Å². The van der Waals surface area contributed by atoms with Crippen molar-refractivity contribution in [2.24, 2.45) is 0 Å². The van der Waals surface area contributed by atoms with Gasteiger partial charge in [0, 0.05) is 31.5 Å². The van der Waals surface area contributed by atoms with E-state index in [9.17, 15) is 31.9 Å². The van der Waals surface area contributed by atoms with Crippen LogP contribution in [0.4, 0.5) is 13.6 Å². The first kappa shape index (κ1) is 36.5. The number of benzene rings is 2. The third-order valence-electron chi connectivity index (χ3n) is 7.21. The number of hydrogen-bond acceptors (Lipinski definition) is 8. The van der Waals surface area contributed by atoms with Crippen LogP contribution in [0.15, 0.2) is 67.0 Å². The highest BCUT2D eigenvalue weighted by Crippen LogP contribution is 2.13. The van der Waals surface area contributed by atoms with Gasteiger partial charge in [-0.05, 0) is 65.8 Å². The van der Waals surface area contributed by atoms with Gasteiger partial charge in [0.2, 0.25) is 5.91 Å². The molecule has 0 radical (unpaired) electrons. The van der Waals surface area contributed by atoms with Crippen LogP contribution < -0.4 is 16.0 Å². The molecule has 3 rings (SSSR count). The molecule has 250 valence electrons. The summed E-state index contributed by atoms with van der Waals surface area (Å²) >= 11 is 0. The van der Waals surface area contributed by atoms with Crippen LogP contribution in [-0.4, -0.2) is 66.7 Å². The number of halogens is 2. The van der Waals surface area contributed by atoms with Gasteiger partial charge in [0.1, 0.15) is 24.3 Å². The maximum Gasteiger partial charge on any atom is 0.408 e. The van der Waals surface area contributed by atoms with Crippen LogP contribution in [0.25, 0.3) is 0 Å². The fourth-order valence-corrected chi connectivity index (χ4v) is 6.35. The van der Waals surface area contributed by atoms with Gasteiger partial charge in [0.05, 0.1) is 23.7 Å². The van der Waals surface area contributed by atoms with Gasteiger partial charge in [-0.2, -0.15) is 0 Å². The smallest absolute Gasteiger partial charge is 0.408 e. The summed E-state index contributed by atoms with van der Waals surface area (Å²) in [6.45, 7) is 4.11. The minimum atomic E-state index is -3.79. The highest BCUT2D eigenvalue weighted by atomic mass is 32.2. The van der Waals surface area contributed by atoms with Gasteiger partial charge in [-0.15, -0.1) is 0 Å². The molecule has 2 amide bonds. The lowest BCUT2D eigenvalue weighted by Crippen LogP contribution is -2.56. The highest BCUT2D eigenvalue weighted by Gasteiger charge is 2.31. The number of amides is 2. The molecule has 0 bridgehead atoms. The average molecular weight is 661 g/mol. The summed E-state index contributed by atoms with van der Waals surface area (Å²) in [6.07, 6.45) is 2.38.